The Morgan fingerprint density at radius 2 is 2.15 bits per heavy atom. The van der Waals surface area contributed by atoms with E-state index in [0.717, 1.165) is 62.4 Å². The Morgan fingerprint density at radius 3 is 3.05 bits per heavy atom. The minimum Gasteiger partial charge on any atom is -0.382 e. The molecule has 0 aromatic carbocycles. The second-order valence-corrected chi connectivity index (χ2v) is 5.00. The smallest absolute Gasteiger partial charge is 0.0964 e. The molecule has 0 spiro atoms. The van der Waals surface area contributed by atoms with Crippen molar-refractivity contribution in [2.75, 3.05) is 44.7 Å². The Kier molecular flexibility index (Phi) is 4.40. The van der Waals surface area contributed by atoms with Gasteiger partial charge in [0.25, 0.3) is 0 Å². The molecule has 1 N–H and O–H groups in total. The van der Waals surface area contributed by atoms with Gasteiger partial charge in [-0.15, -0.1) is 0 Å². The summed E-state index contributed by atoms with van der Waals surface area (Å²) in [4.78, 5) is 11.1. The van der Waals surface area contributed by atoms with Gasteiger partial charge in [0.05, 0.1) is 30.6 Å². The summed E-state index contributed by atoms with van der Waals surface area (Å²) in [6, 6.07) is 3.97. The third-order valence-electron chi connectivity index (χ3n) is 3.58. The second-order valence-electron chi connectivity index (χ2n) is 5.00. The van der Waals surface area contributed by atoms with Gasteiger partial charge in [0.2, 0.25) is 0 Å². The molecule has 1 saturated heterocycles. The van der Waals surface area contributed by atoms with Gasteiger partial charge in [-0.2, -0.15) is 0 Å². The molecular weight excluding hydrogens is 252 g/mol. The third-order valence-corrected chi connectivity index (χ3v) is 3.58. The first-order chi connectivity index (χ1) is 9.93. The van der Waals surface area contributed by atoms with Gasteiger partial charge in [-0.05, 0) is 25.1 Å². The number of hydrogen-bond donors (Lipinski definition) is 1. The molecule has 3 rings (SSSR count). The van der Waals surface area contributed by atoms with E-state index in [1.165, 1.54) is 0 Å². The fourth-order valence-corrected chi connectivity index (χ4v) is 2.48. The van der Waals surface area contributed by atoms with Crippen molar-refractivity contribution in [3.8, 4) is 0 Å². The third kappa shape index (κ3) is 3.23. The molecule has 1 fully saturated rings. The number of nitrogens with zero attached hydrogens (tertiary/aromatic N) is 3. The van der Waals surface area contributed by atoms with Crippen molar-refractivity contribution in [1.82, 2.24) is 14.9 Å². The van der Waals surface area contributed by atoms with Gasteiger partial charge in [0.1, 0.15) is 0 Å². The summed E-state index contributed by atoms with van der Waals surface area (Å²) in [6.45, 7) is 5.89. The highest BCUT2D eigenvalue weighted by Gasteiger charge is 2.09. The van der Waals surface area contributed by atoms with E-state index in [4.69, 9.17) is 4.74 Å². The van der Waals surface area contributed by atoms with Crippen LogP contribution in [0.3, 0.4) is 0 Å². The standard InChI is InChI=1S/C15H20N4O/c1-3-13-11-16-12-14(15(13)18-4-1)17-5-2-6-19-7-9-20-10-8-19/h1,3-4,11-12,17H,2,5-10H2. The number of fused-ring (bicyclic) bond motifs is 1. The van der Waals surface area contributed by atoms with E-state index in [9.17, 15) is 0 Å². The monoisotopic (exact) mass is 272 g/mol. The molecule has 0 atom stereocenters. The number of morpholine rings is 1. The first-order valence-electron chi connectivity index (χ1n) is 7.16. The van der Waals surface area contributed by atoms with Crippen LogP contribution in [0.4, 0.5) is 5.69 Å². The van der Waals surface area contributed by atoms with E-state index in [2.05, 4.69) is 20.2 Å². The van der Waals surface area contributed by atoms with E-state index >= 15 is 0 Å². The van der Waals surface area contributed by atoms with Crippen molar-refractivity contribution >= 4 is 16.6 Å². The van der Waals surface area contributed by atoms with Crippen LogP contribution in [0, 0.1) is 0 Å². The lowest BCUT2D eigenvalue weighted by molar-refractivity contribution is 0.0378. The maximum absolute atomic E-state index is 5.35. The topological polar surface area (TPSA) is 50.3 Å². The second kappa shape index (κ2) is 6.63. The maximum atomic E-state index is 5.35. The average molecular weight is 272 g/mol. The van der Waals surface area contributed by atoms with Gasteiger partial charge >= 0.3 is 0 Å². The zero-order valence-corrected chi connectivity index (χ0v) is 11.6. The predicted molar refractivity (Wildman–Crippen MR) is 79.9 cm³/mol. The molecule has 20 heavy (non-hydrogen) atoms. The molecule has 5 heteroatoms. The molecular formula is C15H20N4O. The van der Waals surface area contributed by atoms with E-state index in [1.54, 1.807) is 0 Å². The number of pyridine rings is 2. The van der Waals surface area contributed by atoms with E-state index in [0.29, 0.717) is 0 Å². The molecule has 106 valence electrons. The van der Waals surface area contributed by atoms with Crippen LogP contribution >= 0.6 is 0 Å². The summed E-state index contributed by atoms with van der Waals surface area (Å²) in [5.41, 5.74) is 2.01. The molecule has 1 aliphatic heterocycles. The Bertz CT molecular complexity index is 549. The van der Waals surface area contributed by atoms with Gasteiger partial charge in [-0.25, -0.2) is 0 Å². The summed E-state index contributed by atoms with van der Waals surface area (Å²) in [7, 11) is 0. The van der Waals surface area contributed by atoms with Crippen molar-refractivity contribution < 1.29 is 4.74 Å². The van der Waals surface area contributed by atoms with Crippen LogP contribution in [0.15, 0.2) is 30.7 Å². The summed E-state index contributed by atoms with van der Waals surface area (Å²) in [6.07, 6.45) is 6.63. The Hall–Kier alpha value is -1.72. The van der Waals surface area contributed by atoms with Crippen LogP contribution in [-0.2, 0) is 4.74 Å². The zero-order valence-electron chi connectivity index (χ0n) is 11.6. The lowest BCUT2D eigenvalue weighted by atomic mass is 10.2. The van der Waals surface area contributed by atoms with Crippen molar-refractivity contribution in [3.05, 3.63) is 30.7 Å². The highest BCUT2D eigenvalue weighted by molar-refractivity contribution is 5.88. The van der Waals surface area contributed by atoms with Crippen LogP contribution < -0.4 is 5.32 Å². The summed E-state index contributed by atoms with van der Waals surface area (Å²) in [5, 5.41) is 4.52. The fourth-order valence-electron chi connectivity index (χ4n) is 2.48. The molecule has 0 bridgehead atoms. The van der Waals surface area contributed by atoms with Crippen LogP contribution in [0.1, 0.15) is 6.42 Å². The minimum atomic E-state index is 0.866. The van der Waals surface area contributed by atoms with Crippen LogP contribution in [0.5, 0.6) is 0 Å². The van der Waals surface area contributed by atoms with E-state index < -0.39 is 0 Å². The average Bonchev–Trinajstić information content (AvgIpc) is 2.53. The van der Waals surface area contributed by atoms with Crippen molar-refractivity contribution in [2.45, 2.75) is 6.42 Å². The van der Waals surface area contributed by atoms with Crippen molar-refractivity contribution in [1.29, 1.82) is 0 Å². The number of hydrogen-bond acceptors (Lipinski definition) is 5. The molecule has 0 amide bonds. The highest BCUT2D eigenvalue weighted by atomic mass is 16.5. The Labute approximate surface area is 119 Å². The molecule has 0 aliphatic carbocycles. The molecule has 2 aromatic rings. The zero-order chi connectivity index (χ0) is 13.6. The van der Waals surface area contributed by atoms with Gasteiger partial charge in [-0.1, -0.05) is 0 Å². The number of ether oxygens (including phenoxy) is 1. The Balaban J connectivity index is 1.52. The molecule has 5 nitrogen and oxygen atoms in total. The summed E-state index contributed by atoms with van der Waals surface area (Å²) in [5.74, 6) is 0. The lowest BCUT2D eigenvalue weighted by Crippen LogP contribution is -2.37. The van der Waals surface area contributed by atoms with Crippen molar-refractivity contribution in [2.24, 2.45) is 0 Å². The Morgan fingerprint density at radius 1 is 1.25 bits per heavy atom. The first kappa shape index (κ1) is 13.3. The highest BCUT2D eigenvalue weighted by Crippen LogP contribution is 2.18. The minimum absolute atomic E-state index is 0.866. The molecule has 3 heterocycles. The largest absolute Gasteiger partial charge is 0.382 e. The SMILES string of the molecule is c1cnc2c(NCCCN3CCOCC3)cncc2c1. The first-order valence-corrected chi connectivity index (χ1v) is 7.16. The normalized spacial score (nSPS) is 16.4. The van der Waals surface area contributed by atoms with Crippen LogP contribution in [-0.4, -0.2) is 54.3 Å². The van der Waals surface area contributed by atoms with Crippen molar-refractivity contribution in [3.63, 3.8) is 0 Å². The quantitative estimate of drug-likeness (QED) is 0.841. The molecule has 2 aromatic heterocycles. The maximum Gasteiger partial charge on any atom is 0.0964 e. The van der Waals surface area contributed by atoms with Gasteiger partial charge in [-0.3, -0.25) is 14.9 Å². The number of aromatic nitrogens is 2. The molecule has 1 aliphatic rings. The summed E-state index contributed by atoms with van der Waals surface area (Å²) < 4.78 is 5.35. The number of rotatable bonds is 5. The number of anilines is 1. The molecule has 0 saturated carbocycles. The van der Waals surface area contributed by atoms with Gasteiger partial charge in [0.15, 0.2) is 0 Å². The van der Waals surface area contributed by atoms with E-state index in [1.807, 2.05) is 30.7 Å². The van der Waals surface area contributed by atoms with Crippen LogP contribution in [0.2, 0.25) is 0 Å². The predicted octanol–water partition coefficient (Wildman–Crippen LogP) is 1.76. The van der Waals surface area contributed by atoms with Gasteiger partial charge < -0.3 is 10.1 Å². The fraction of sp³-hybridized carbons (Fsp3) is 0.467. The van der Waals surface area contributed by atoms with E-state index in [-0.39, 0.29) is 0 Å². The molecule has 0 unspecified atom stereocenters. The van der Waals surface area contributed by atoms with Crippen LogP contribution in [0.25, 0.3) is 10.9 Å². The lowest BCUT2D eigenvalue weighted by Gasteiger charge is -2.26. The summed E-state index contributed by atoms with van der Waals surface area (Å²) >= 11 is 0. The van der Waals surface area contributed by atoms with Gasteiger partial charge in [0, 0.05) is 37.4 Å². The number of nitrogens with one attached hydrogen (secondary N) is 1. The molecule has 0 radical (unpaired) electrons.